The molecule has 2 aliphatic rings. The van der Waals surface area contributed by atoms with E-state index in [9.17, 15) is 0 Å². The molecule has 3 heteroatoms. The topological polar surface area (TPSA) is 9.23 Å². The van der Waals surface area contributed by atoms with E-state index in [1.807, 2.05) is 24.3 Å². The van der Waals surface area contributed by atoms with Crippen molar-refractivity contribution in [3.63, 3.8) is 0 Å². The van der Waals surface area contributed by atoms with Gasteiger partial charge in [-0.2, -0.15) is 0 Å². The molecule has 5 rings (SSSR count). The van der Waals surface area contributed by atoms with Gasteiger partial charge in [0.2, 0.25) is 0 Å². The quantitative estimate of drug-likeness (QED) is 0.269. The van der Waals surface area contributed by atoms with Crippen molar-refractivity contribution >= 4 is 10.9 Å². The first kappa shape index (κ1) is 23.1. The van der Waals surface area contributed by atoms with E-state index in [4.69, 9.17) is 4.74 Å². The zero-order chi connectivity index (χ0) is 23.2. The Labute approximate surface area is 206 Å². The molecule has 1 nitrogen and oxygen atoms in total. The summed E-state index contributed by atoms with van der Waals surface area (Å²) in [6.07, 6.45) is 10.0. The Hall–Kier alpha value is -2.70. The Kier molecular flexibility index (Phi) is 7.26. The molecular weight excluding hydrogens is 439 g/mol. The molecule has 0 radical (unpaired) electrons. The van der Waals surface area contributed by atoms with Crippen molar-refractivity contribution in [2.24, 2.45) is 5.92 Å². The molecule has 0 atom stereocenters. The summed E-state index contributed by atoms with van der Waals surface area (Å²) in [6.45, 7) is 0. The van der Waals surface area contributed by atoms with Gasteiger partial charge in [-0.05, 0) is 74.9 Å². The van der Waals surface area contributed by atoms with Crippen LogP contribution in [0.15, 0.2) is 93.5 Å². The second-order valence-electron chi connectivity index (χ2n) is 9.43. The molecule has 0 aliphatic heterocycles. The standard InChI is InChI=1S/C31H32FOS/c32-29-19-18-28(34(26-14-4-1-5-15-26)27-16-6-2-7-17-27)24-30(29)33-31(21-10-3-11-22-31)23-20-25-12-8-9-13-25/h1-2,4-7,14-19,24-25H,3,8-13,21-22H2/q+1. The van der Waals surface area contributed by atoms with Crippen LogP contribution < -0.4 is 4.74 Å². The molecule has 0 heterocycles. The minimum Gasteiger partial charge on any atom is -0.471 e. The first-order valence-corrected chi connectivity index (χ1v) is 13.8. The molecule has 0 aromatic heterocycles. The van der Waals surface area contributed by atoms with E-state index in [1.165, 1.54) is 41.9 Å². The van der Waals surface area contributed by atoms with Crippen molar-refractivity contribution in [2.75, 3.05) is 0 Å². The van der Waals surface area contributed by atoms with E-state index >= 15 is 4.39 Å². The van der Waals surface area contributed by atoms with Gasteiger partial charge in [0.05, 0.1) is 10.9 Å². The normalized spacial score (nSPS) is 17.8. The smallest absolute Gasteiger partial charge is 0.170 e. The maximum atomic E-state index is 15.1. The maximum absolute atomic E-state index is 15.1. The van der Waals surface area contributed by atoms with Crippen LogP contribution in [0, 0.1) is 23.6 Å². The molecule has 0 N–H and O–H groups in total. The second kappa shape index (κ2) is 10.7. The molecule has 0 spiro atoms. The molecular formula is C31H32FOS+. The summed E-state index contributed by atoms with van der Waals surface area (Å²) in [7, 11) is -0.342. The monoisotopic (exact) mass is 471 g/mol. The third kappa shape index (κ3) is 5.34. The van der Waals surface area contributed by atoms with Gasteiger partial charge in [0.15, 0.2) is 31.9 Å². The lowest BCUT2D eigenvalue weighted by atomic mass is 9.84. The average Bonchev–Trinajstić information content (AvgIpc) is 3.41. The number of benzene rings is 3. The van der Waals surface area contributed by atoms with E-state index in [0.29, 0.717) is 11.7 Å². The lowest BCUT2D eigenvalue weighted by molar-refractivity contribution is 0.0819. The fraction of sp³-hybridized carbons (Fsp3) is 0.355. The Morgan fingerprint density at radius 1 is 0.735 bits per heavy atom. The van der Waals surface area contributed by atoms with Gasteiger partial charge in [-0.3, -0.25) is 0 Å². The van der Waals surface area contributed by atoms with Crippen LogP contribution in [0.1, 0.15) is 57.8 Å². The number of rotatable bonds is 5. The first-order valence-electron chi connectivity index (χ1n) is 12.6. The van der Waals surface area contributed by atoms with Crippen molar-refractivity contribution in [1.29, 1.82) is 0 Å². The van der Waals surface area contributed by atoms with Crippen molar-refractivity contribution in [3.05, 3.63) is 84.7 Å². The number of ether oxygens (including phenoxy) is 1. The van der Waals surface area contributed by atoms with Gasteiger partial charge in [-0.1, -0.05) is 67.5 Å². The van der Waals surface area contributed by atoms with Gasteiger partial charge in [0.25, 0.3) is 0 Å². The molecule has 3 aromatic rings. The van der Waals surface area contributed by atoms with Gasteiger partial charge >= 0.3 is 0 Å². The zero-order valence-electron chi connectivity index (χ0n) is 19.6. The fourth-order valence-electron chi connectivity index (χ4n) is 5.10. The summed E-state index contributed by atoms with van der Waals surface area (Å²) in [5, 5.41) is 0. The predicted molar refractivity (Wildman–Crippen MR) is 138 cm³/mol. The lowest BCUT2D eigenvalue weighted by Crippen LogP contribution is -2.37. The van der Waals surface area contributed by atoms with Crippen molar-refractivity contribution in [1.82, 2.24) is 0 Å². The third-order valence-electron chi connectivity index (χ3n) is 6.92. The van der Waals surface area contributed by atoms with Crippen LogP contribution in [0.5, 0.6) is 5.75 Å². The number of halogens is 1. The van der Waals surface area contributed by atoms with Crippen molar-refractivity contribution in [3.8, 4) is 17.6 Å². The summed E-state index contributed by atoms with van der Waals surface area (Å²) in [4.78, 5) is 3.47. The van der Waals surface area contributed by atoms with E-state index < -0.39 is 5.60 Å². The number of hydrogen-bond donors (Lipinski definition) is 0. The van der Waals surface area contributed by atoms with Crippen LogP contribution in [0.3, 0.4) is 0 Å². The molecule has 3 aromatic carbocycles. The van der Waals surface area contributed by atoms with Gasteiger partial charge in [-0.15, -0.1) is 0 Å². The molecule has 0 unspecified atom stereocenters. The van der Waals surface area contributed by atoms with Crippen molar-refractivity contribution < 1.29 is 9.13 Å². The van der Waals surface area contributed by atoms with Gasteiger partial charge in [0.1, 0.15) is 0 Å². The van der Waals surface area contributed by atoms with Gasteiger partial charge in [0, 0.05) is 12.0 Å². The van der Waals surface area contributed by atoms with E-state index in [1.54, 1.807) is 6.07 Å². The molecule has 2 fully saturated rings. The van der Waals surface area contributed by atoms with Crippen molar-refractivity contribution in [2.45, 2.75) is 78.1 Å². The Morgan fingerprint density at radius 3 is 1.97 bits per heavy atom. The largest absolute Gasteiger partial charge is 0.471 e. The molecule has 2 aliphatic carbocycles. The molecule has 0 bridgehead atoms. The summed E-state index contributed by atoms with van der Waals surface area (Å²) in [5.41, 5.74) is -0.571. The predicted octanol–water partition coefficient (Wildman–Crippen LogP) is 8.20. The van der Waals surface area contributed by atoms with Crippen LogP contribution in [0.4, 0.5) is 4.39 Å². The van der Waals surface area contributed by atoms with Gasteiger partial charge < -0.3 is 4.74 Å². The summed E-state index contributed by atoms with van der Waals surface area (Å²) in [5.74, 6) is 7.56. The van der Waals surface area contributed by atoms with E-state index in [0.717, 1.165) is 30.6 Å². The highest BCUT2D eigenvalue weighted by molar-refractivity contribution is 7.97. The highest BCUT2D eigenvalue weighted by Crippen LogP contribution is 2.38. The zero-order valence-corrected chi connectivity index (χ0v) is 20.5. The van der Waals surface area contributed by atoms with E-state index in [2.05, 4.69) is 60.4 Å². The van der Waals surface area contributed by atoms with Crippen LogP contribution in [0.2, 0.25) is 0 Å². The van der Waals surface area contributed by atoms with Crippen LogP contribution in [0.25, 0.3) is 0 Å². The Morgan fingerprint density at radius 2 is 1.35 bits per heavy atom. The summed E-state index contributed by atoms with van der Waals surface area (Å²) >= 11 is 0. The van der Waals surface area contributed by atoms with E-state index in [-0.39, 0.29) is 16.7 Å². The SMILES string of the molecule is Fc1ccc([S+](c2ccccc2)c2ccccc2)cc1OC1(C#CC2CCCC2)CCCCC1. The summed E-state index contributed by atoms with van der Waals surface area (Å²) in [6, 6.07) is 26.3. The molecule has 0 amide bonds. The lowest BCUT2D eigenvalue weighted by Gasteiger charge is -2.33. The highest BCUT2D eigenvalue weighted by atomic mass is 32.2. The number of hydrogen-bond acceptors (Lipinski definition) is 1. The van der Waals surface area contributed by atoms with Crippen LogP contribution >= 0.6 is 0 Å². The maximum Gasteiger partial charge on any atom is 0.170 e. The Bertz CT molecular complexity index is 1100. The van der Waals surface area contributed by atoms with Gasteiger partial charge in [-0.25, -0.2) is 4.39 Å². The minimum absolute atomic E-state index is 0.305. The minimum atomic E-state index is -0.571. The summed E-state index contributed by atoms with van der Waals surface area (Å²) < 4.78 is 21.7. The fourth-order valence-corrected chi connectivity index (χ4v) is 7.20. The van der Waals surface area contributed by atoms with Crippen LogP contribution in [-0.2, 0) is 10.9 Å². The second-order valence-corrected chi connectivity index (χ2v) is 11.5. The van der Waals surface area contributed by atoms with Crippen LogP contribution in [-0.4, -0.2) is 5.60 Å². The molecule has 2 saturated carbocycles. The molecule has 0 saturated heterocycles. The Balaban J connectivity index is 1.50. The molecule has 174 valence electrons. The molecule has 34 heavy (non-hydrogen) atoms. The highest BCUT2D eigenvalue weighted by Gasteiger charge is 2.35. The third-order valence-corrected chi connectivity index (χ3v) is 9.13. The first-order chi connectivity index (χ1) is 16.7. The average molecular weight is 472 g/mol.